The first-order chi connectivity index (χ1) is 9.69. The lowest BCUT2D eigenvalue weighted by molar-refractivity contribution is 0.494. The molecular weight excluding hydrogens is 248 g/mol. The van der Waals surface area contributed by atoms with Gasteiger partial charge in [0.25, 0.3) is 0 Å². The number of rotatable bonds is 7. The highest BCUT2D eigenvalue weighted by atomic mass is 15.3. The summed E-state index contributed by atoms with van der Waals surface area (Å²) in [7, 11) is 0. The van der Waals surface area contributed by atoms with E-state index in [2.05, 4.69) is 54.5 Å². The molecule has 0 aliphatic carbocycles. The Bertz CT molecular complexity index is 504. The second-order valence-electron chi connectivity index (χ2n) is 5.40. The van der Waals surface area contributed by atoms with Crippen molar-refractivity contribution in [3.8, 4) is 0 Å². The van der Waals surface area contributed by atoms with Crippen LogP contribution in [0.3, 0.4) is 0 Å². The Hall–Kier alpha value is -1.68. The van der Waals surface area contributed by atoms with E-state index in [1.807, 2.05) is 23.1 Å². The van der Waals surface area contributed by atoms with Gasteiger partial charge in [-0.1, -0.05) is 13.0 Å². The minimum atomic E-state index is 0.403. The van der Waals surface area contributed by atoms with Crippen molar-refractivity contribution in [3.05, 3.63) is 48.0 Å². The van der Waals surface area contributed by atoms with Crippen molar-refractivity contribution in [2.24, 2.45) is 0 Å². The molecule has 1 atom stereocenters. The number of nitrogens with one attached hydrogen (secondary N) is 1. The first-order valence-electron chi connectivity index (χ1n) is 7.35. The minimum absolute atomic E-state index is 0.403. The van der Waals surface area contributed by atoms with Gasteiger partial charge in [-0.05, 0) is 44.5 Å². The second-order valence-corrected chi connectivity index (χ2v) is 5.40. The minimum Gasteiger partial charge on any atom is -0.314 e. The molecule has 0 spiro atoms. The Balaban J connectivity index is 2.01. The molecule has 2 heterocycles. The van der Waals surface area contributed by atoms with Crippen LogP contribution in [0, 0.1) is 0 Å². The van der Waals surface area contributed by atoms with E-state index < -0.39 is 0 Å². The van der Waals surface area contributed by atoms with Crippen molar-refractivity contribution < 1.29 is 0 Å². The molecule has 0 bridgehead atoms. The van der Waals surface area contributed by atoms with Gasteiger partial charge in [0.2, 0.25) is 0 Å². The summed E-state index contributed by atoms with van der Waals surface area (Å²) in [5, 5.41) is 8.18. The van der Waals surface area contributed by atoms with Crippen LogP contribution >= 0.6 is 0 Å². The fourth-order valence-electron chi connectivity index (χ4n) is 2.33. The van der Waals surface area contributed by atoms with Crippen LogP contribution in [0.15, 0.2) is 36.8 Å². The lowest BCUT2D eigenvalue weighted by Gasteiger charge is -2.16. The highest BCUT2D eigenvalue weighted by Gasteiger charge is 2.12. The van der Waals surface area contributed by atoms with E-state index in [-0.39, 0.29) is 0 Å². The molecule has 0 aromatic carbocycles. The zero-order valence-electron chi connectivity index (χ0n) is 12.6. The topological polar surface area (TPSA) is 42.7 Å². The molecule has 4 heteroatoms. The first-order valence-corrected chi connectivity index (χ1v) is 7.35. The van der Waals surface area contributed by atoms with Gasteiger partial charge in [0, 0.05) is 37.1 Å². The van der Waals surface area contributed by atoms with Gasteiger partial charge in [-0.3, -0.25) is 9.67 Å². The fourth-order valence-corrected chi connectivity index (χ4v) is 2.33. The number of likely N-dealkylation sites (N-methyl/N-ethyl adjacent to an activating group) is 1. The molecule has 0 radical (unpaired) electrons. The molecular formula is C16H24N4. The standard InChI is InChI=1S/C16H24N4/c1-4-18-16(10-14-6-5-8-17-12-14)11-15-7-9-20(19-15)13(2)3/h5-9,12-13,16,18H,4,10-11H2,1-3H3. The van der Waals surface area contributed by atoms with Gasteiger partial charge in [-0.15, -0.1) is 0 Å². The molecule has 0 aliphatic rings. The predicted molar refractivity (Wildman–Crippen MR) is 81.7 cm³/mol. The third kappa shape index (κ3) is 4.17. The van der Waals surface area contributed by atoms with Crippen LogP contribution < -0.4 is 5.32 Å². The van der Waals surface area contributed by atoms with Crippen LogP contribution in [-0.2, 0) is 12.8 Å². The number of nitrogens with zero attached hydrogens (tertiary/aromatic N) is 3. The average Bonchev–Trinajstić information content (AvgIpc) is 2.89. The summed E-state index contributed by atoms with van der Waals surface area (Å²) in [6, 6.07) is 7.06. The lowest BCUT2D eigenvalue weighted by Crippen LogP contribution is -2.33. The molecule has 4 nitrogen and oxygen atoms in total. The predicted octanol–water partition coefficient (Wildman–Crippen LogP) is 2.62. The zero-order chi connectivity index (χ0) is 14.4. The molecule has 2 aromatic rings. The summed E-state index contributed by atoms with van der Waals surface area (Å²) in [4.78, 5) is 4.18. The largest absolute Gasteiger partial charge is 0.314 e. The van der Waals surface area contributed by atoms with E-state index in [1.54, 1.807) is 0 Å². The smallest absolute Gasteiger partial charge is 0.0640 e. The van der Waals surface area contributed by atoms with Crippen molar-refractivity contribution in [1.82, 2.24) is 20.1 Å². The van der Waals surface area contributed by atoms with Crippen molar-refractivity contribution in [2.75, 3.05) is 6.54 Å². The van der Waals surface area contributed by atoms with E-state index >= 15 is 0 Å². The van der Waals surface area contributed by atoms with E-state index in [4.69, 9.17) is 0 Å². The number of hydrogen-bond donors (Lipinski definition) is 1. The van der Waals surface area contributed by atoms with Crippen molar-refractivity contribution in [1.29, 1.82) is 0 Å². The molecule has 108 valence electrons. The van der Waals surface area contributed by atoms with Crippen LogP contribution in [0.4, 0.5) is 0 Å². The highest BCUT2D eigenvalue weighted by molar-refractivity contribution is 5.12. The first kappa shape index (κ1) is 14.7. The zero-order valence-corrected chi connectivity index (χ0v) is 12.6. The monoisotopic (exact) mass is 272 g/mol. The number of hydrogen-bond acceptors (Lipinski definition) is 3. The summed E-state index contributed by atoms with van der Waals surface area (Å²) in [5.74, 6) is 0. The van der Waals surface area contributed by atoms with Gasteiger partial charge in [-0.2, -0.15) is 5.10 Å². The molecule has 0 aliphatic heterocycles. The van der Waals surface area contributed by atoms with Gasteiger partial charge in [0.1, 0.15) is 0 Å². The Morgan fingerprint density at radius 1 is 1.25 bits per heavy atom. The van der Waals surface area contributed by atoms with Crippen LogP contribution in [0.5, 0.6) is 0 Å². The van der Waals surface area contributed by atoms with Crippen molar-refractivity contribution in [3.63, 3.8) is 0 Å². The maximum atomic E-state index is 4.63. The molecule has 0 amide bonds. The highest BCUT2D eigenvalue weighted by Crippen LogP contribution is 2.09. The third-order valence-corrected chi connectivity index (χ3v) is 3.35. The average molecular weight is 272 g/mol. The fraction of sp³-hybridized carbons (Fsp3) is 0.500. The number of aromatic nitrogens is 3. The molecule has 0 fully saturated rings. The van der Waals surface area contributed by atoms with E-state index in [1.165, 1.54) is 5.56 Å². The van der Waals surface area contributed by atoms with Crippen molar-refractivity contribution >= 4 is 0 Å². The van der Waals surface area contributed by atoms with Gasteiger partial charge in [0.05, 0.1) is 5.69 Å². The van der Waals surface area contributed by atoms with Crippen LogP contribution in [-0.4, -0.2) is 27.4 Å². The summed E-state index contributed by atoms with van der Waals surface area (Å²) in [5.41, 5.74) is 2.41. The second kappa shape index (κ2) is 7.20. The van der Waals surface area contributed by atoms with Gasteiger partial charge < -0.3 is 5.32 Å². The van der Waals surface area contributed by atoms with Gasteiger partial charge in [-0.25, -0.2) is 0 Å². The van der Waals surface area contributed by atoms with Crippen LogP contribution in [0.1, 0.15) is 38.1 Å². The van der Waals surface area contributed by atoms with Crippen molar-refractivity contribution in [2.45, 2.75) is 45.7 Å². The lowest BCUT2D eigenvalue weighted by atomic mass is 10.0. The normalized spacial score (nSPS) is 12.8. The molecule has 2 aromatic heterocycles. The Morgan fingerprint density at radius 2 is 2.10 bits per heavy atom. The van der Waals surface area contributed by atoms with Crippen LogP contribution in [0.25, 0.3) is 0 Å². The molecule has 0 saturated heterocycles. The van der Waals surface area contributed by atoms with E-state index in [0.717, 1.165) is 25.1 Å². The molecule has 1 N–H and O–H groups in total. The maximum absolute atomic E-state index is 4.63. The molecule has 2 rings (SSSR count). The Kier molecular flexibility index (Phi) is 5.30. The third-order valence-electron chi connectivity index (χ3n) is 3.35. The summed E-state index contributed by atoms with van der Waals surface area (Å²) >= 11 is 0. The van der Waals surface area contributed by atoms with Gasteiger partial charge in [0.15, 0.2) is 0 Å². The summed E-state index contributed by atoms with van der Waals surface area (Å²) in [6.07, 6.45) is 7.75. The van der Waals surface area contributed by atoms with Gasteiger partial charge >= 0.3 is 0 Å². The van der Waals surface area contributed by atoms with E-state index in [0.29, 0.717) is 12.1 Å². The van der Waals surface area contributed by atoms with E-state index in [9.17, 15) is 0 Å². The van der Waals surface area contributed by atoms with Crippen LogP contribution in [0.2, 0.25) is 0 Å². The Labute approximate surface area is 121 Å². The SMILES string of the molecule is CCNC(Cc1cccnc1)Cc1ccn(C(C)C)n1. The number of pyridine rings is 1. The Morgan fingerprint density at radius 3 is 2.70 bits per heavy atom. The summed E-state index contributed by atoms with van der Waals surface area (Å²) < 4.78 is 2.02. The molecule has 0 saturated carbocycles. The maximum Gasteiger partial charge on any atom is 0.0640 e. The molecule has 20 heavy (non-hydrogen) atoms. The molecule has 1 unspecified atom stereocenters. The summed E-state index contributed by atoms with van der Waals surface area (Å²) in [6.45, 7) is 7.40. The quantitative estimate of drug-likeness (QED) is 0.842.